The third-order valence-electron chi connectivity index (χ3n) is 9.68. The van der Waals surface area contributed by atoms with Gasteiger partial charge in [-0.05, 0) is 48.7 Å². The van der Waals surface area contributed by atoms with E-state index in [1.54, 1.807) is 11.9 Å². The number of carbonyl (C=O) groups is 2. The van der Waals surface area contributed by atoms with Gasteiger partial charge in [-0.15, -0.1) is 0 Å². The molecule has 1 saturated heterocycles. The predicted molar refractivity (Wildman–Crippen MR) is 201 cm³/mol. The molecule has 15 nitrogen and oxygen atoms in total. The molecule has 2 aromatic carbocycles. The Hall–Kier alpha value is -4.96. The van der Waals surface area contributed by atoms with Gasteiger partial charge in [0.15, 0.2) is 0 Å². The zero-order valence-electron chi connectivity index (χ0n) is 29.6. The van der Waals surface area contributed by atoms with Crippen molar-refractivity contribution in [2.45, 2.75) is 32.9 Å². The smallest absolute Gasteiger partial charge is 0.330 e. The molecule has 0 aliphatic carbocycles. The van der Waals surface area contributed by atoms with Crippen molar-refractivity contribution in [2.75, 3.05) is 82.7 Å². The summed E-state index contributed by atoms with van der Waals surface area (Å²) in [5.74, 6) is -0.661. The Morgan fingerprint density at radius 3 is 2.35 bits per heavy atom. The number of hydrogen-bond acceptors (Lipinski definition) is 10. The number of para-hydroxylation sites is 1. The zero-order valence-corrected chi connectivity index (χ0v) is 29.6. The Balaban J connectivity index is 1.16. The first-order chi connectivity index (χ1) is 24.7. The fourth-order valence-electron chi connectivity index (χ4n) is 6.61. The Labute approximate surface area is 296 Å². The third-order valence-corrected chi connectivity index (χ3v) is 9.68. The fraction of sp³-hybridized carbons (Fsp3) is 0.444. The van der Waals surface area contributed by atoms with Crippen LogP contribution < -0.4 is 48.0 Å². The minimum atomic E-state index is -0.950. The largest absolute Gasteiger partial charge is 0.361 e. The SMILES string of the molecule is Cc1cc2c(cc1C)N(C)c1[nH]c(=O)n(CC(=O)N[C@@H](Cc3c[nH]c4ccccc34)C(=O)NCCN3CCNCCNCCNCC3)c(=O)c1N2. The van der Waals surface area contributed by atoms with Crippen LogP contribution in [0.15, 0.2) is 52.2 Å². The molecule has 0 saturated carbocycles. The van der Waals surface area contributed by atoms with Crippen molar-refractivity contribution in [2.24, 2.45) is 0 Å². The van der Waals surface area contributed by atoms with E-state index in [-0.39, 0.29) is 18.0 Å². The van der Waals surface area contributed by atoms with Crippen molar-refractivity contribution in [3.05, 3.63) is 80.1 Å². The van der Waals surface area contributed by atoms with Crippen LogP contribution in [-0.2, 0) is 22.6 Å². The Bertz CT molecular complexity index is 1970. The number of rotatable bonds is 9. The molecular formula is C36H49N11O4. The minimum absolute atomic E-state index is 0.164. The van der Waals surface area contributed by atoms with Gasteiger partial charge in [-0.2, -0.15) is 0 Å². The second kappa shape index (κ2) is 16.4. The first-order valence-electron chi connectivity index (χ1n) is 17.7. The van der Waals surface area contributed by atoms with Crippen molar-refractivity contribution in [3.63, 3.8) is 0 Å². The number of anilines is 4. The van der Waals surface area contributed by atoms with E-state index in [9.17, 15) is 19.2 Å². The number of amides is 2. The van der Waals surface area contributed by atoms with Gasteiger partial charge in [0, 0.05) is 96.0 Å². The van der Waals surface area contributed by atoms with Crippen LogP contribution in [0.25, 0.3) is 10.9 Å². The molecule has 6 rings (SSSR count). The average Bonchev–Trinajstić information content (AvgIpc) is 3.51. The van der Waals surface area contributed by atoms with E-state index in [0.29, 0.717) is 18.9 Å². The molecule has 0 unspecified atom stereocenters. The number of H-pyrrole nitrogens is 2. The van der Waals surface area contributed by atoms with Crippen molar-refractivity contribution in [3.8, 4) is 0 Å². The van der Waals surface area contributed by atoms with Crippen LogP contribution in [0.1, 0.15) is 16.7 Å². The van der Waals surface area contributed by atoms with E-state index in [4.69, 9.17) is 0 Å². The molecule has 272 valence electrons. The number of aromatic amines is 2. The van der Waals surface area contributed by atoms with E-state index in [2.05, 4.69) is 46.8 Å². The summed E-state index contributed by atoms with van der Waals surface area (Å²) in [6.07, 6.45) is 2.05. The molecule has 4 heterocycles. The number of carbonyl (C=O) groups excluding carboxylic acids is 2. The van der Waals surface area contributed by atoms with Gasteiger partial charge in [-0.25, -0.2) is 9.36 Å². The average molecular weight is 700 g/mol. The van der Waals surface area contributed by atoms with Gasteiger partial charge in [0.1, 0.15) is 24.1 Å². The zero-order chi connectivity index (χ0) is 35.9. The molecule has 51 heavy (non-hydrogen) atoms. The van der Waals surface area contributed by atoms with Crippen LogP contribution in [0, 0.1) is 13.8 Å². The van der Waals surface area contributed by atoms with Crippen LogP contribution >= 0.6 is 0 Å². The van der Waals surface area contributed by atoms with Crippen molar-refractivity contribution < 1.29 is 9.59 Å². The molecule has 2 aliphatic heterocycles. The molecule has 15 heteroatoms. The van der Waals surface area contributed by atoms with Crippen LogP contribution in [0.4, 0.5) is 22.9 Å². The van der Waals surface area contributed by atoms with E-state index in [1.165, 1.54) is 0 Å². The summed E-state index contributed by atoms with van der Waals surface area (Å²) in [5.41, 5.74) is 4.25. The van der Waals surface area contributed by atoms with E-state index in [0.717, 1.165) is 95.9 Å². The van der Waals surface area contributed by atoms with Gasteiger partial charge < -0.3 is 41.8 Å². The normalized spacial score (nSPS) is 16.3. The summed E-state index contributed by atoms with van der Waals surface area (Å²) in [6.45, 7) is 11.4. The van der Waals surface area contributed by atoms with Crippen molar-refractivity contribution >= 4 is 45.6 Å². The minimum Gasteiger partial charge on any atom is -0.361 e. The van der Waals surface area contributed by atoms with Crippen LogP contribution in [0.3, 0.4) is 0 Å². The number of aromatic nitrogens is 3. The summed E-state index contributed by atoms with van der Waals surface area (Å²) >= 11 is 0. The number of fused-ring (bicyclic) bond motifs is 3. The van der Waals surface area contributed by atoms with Gasteiger partial charge in [0.05, 0.1) is 11.4 Å². The summed E-state index contributed by atoms with van der Waals surface area (Å²) in [5, 5.41) is 20.3. The maximum atomic E-state index is 13.7. The Morgan fingerprint density at radius 1 is 0.922 bits per heavy atom. The van der Waals surface area contributed by atoms with Gasteiger partial charge in [-0.3, -0.25) is 24.3 Å². The molecule has 0 radical (unpaired) electrons. The molecule has 0 spiro atoms. The van der Waals surface area contributed by atoms with E-state index >= 15 is 0 Å². The third kappa shape index (κ3) is 8.51. The standard InChI is InChI=1S/C36H49N11O4/c1-23-18-28-30(19-24(23)2)45(3)33-32(43-28)35(50)47(36(51)44-33)22-31(48)42-29(20-25-21-41-27-7-5-4-6-26(25)27)34(49)40-14-17-46-15-12-38-10-8-37-9-11-39-13-16-46/h4-7,18-19,21,29,37-39,41,43H,8-17,20,22H2,1-3H3,(H,40,49)(H,42,48)(H,44,51)/t29-/m0/s1. The lowest BCUT2D eigenvalue weighted by Crippen LogP contribution is -2.52. The number of benzene rings is 2. The van der Waals surface area contributed by atoms with Crippen molar-refractivity contribution in [1.29, 1.82) is 0 Å². The highest BCUT2D eigenvalue weighted by Crippen LogP contribution is 2.40. The highest BCUT2D eigenvalue weighted by molar-refractivity contribution is 5.91. The van der Waals surface area contributed by atoms with Gasteiger partial charge >= 0.3 is 5.69 Å². The summed E-state index contributed by atoms with van der Waals surface area (Å²) in [4.78, 5) is 64.3. The molecule has 8 N–H and O–H groups in total. The summed E-state index contributed by atoms with van der Waals surface area (Å²) in [7, 11) is 1.78. The lowest BCUT2D eigenvalue weighted by Gasteiger charge is -2.30. The highest BCUT2D eigenvalue weighted by atomic mass is 16.2. The maximum Gasteiger partial charge on any atom is 0.330 e. The van der Waals surface area contributed by atoms with E-state index in [1.807, 2.05) is 56.4 Å². The monoisotopic (exact) mass is 699 g/mol. The summed E-state index contributed by atoms with van der Waals surface area (Å²) in [6, 6.07) is 10.7. The molecular weight excluding hydrogens is 650 g/mol. The molecule has 2 amide bonds. The number of nitrogens with one attached hydrogen (secondary N) is 8. The number of hydrogen-bond donors (Lipinski definition) is 8. The molecule has 1 fully saturated rings. The number of aryl methyl sites for hydroxylation is 2. The molecule has 1 atom stereocenters. The first-order valence-corrected chi connectivity index (χ1v) is 17.7. The lowest BCUT2D eigenvalue weighted by molar-refractivity contribution is -0.129. The molecule has 0 bridgehead atoms. The molecule has 2 aromatic heterocycles. The lowest BCUT2D eigenvalue weighted by atomic mass is 10.0. The number of nitrogens with zero attached hydrogens (tertiary/aromatic N) is 3. The summed E-state index contributed by atoms with van der Waals surface area (Å²) < 4.78 is 0.858. The quantitative estimate of drug-likeness (QED) is 0.122. The second-order valence-electron chi connectivity index (χ2n) is 13.2. The fourth-order valence-corrected chi connectivity index (χ4v) is 6.61. The van der Waals surface area contributed by atoms with Gasteiger partial charge in [0.25, 0.3) is 5.56 Å². The topological polar surface area (TPSA) is 183 Å². The highest BCUT2D eigenvalue weighted by Gasteiger charge is 2.28. The van der Waals surface area contributed by atoms with Gasteiger partial charge in [0.2, 0.25) is 11.8 Å². The second-order valence-corrected chi connectivity index (χ2v) is 13.2. The van der Waals surface area contributed by atoms with Crippen LogP contribution in [0.2, 0.25) is 0 Å². The van der Waals surface area contributed by atoms with Crippen LogP contribution in [-0.4, -0.2) is 110 Å². The first kappa shape index (κ1) is 35.9. The Morgan fingerprint density at radius 2 is 1.61 bits per heavy atom. The van der Waals surface area contributed by atoms with Crippen molar-refractivity contribution in [1.82, 2.24) is 46.0 Å². The Kier molecular flexibility index (Phi) is 11.5. The molecule has 4 aromatic rings. The predicted octanol–water partition coefficient (Wildman–Crippen LogP) is 0.388. The van der Waals surface area contributed by atoms with E-state index < -0.39 is 29.7 Å². The van der Waals surface area contributed by atoms with Crippen LogP contribution in [0.5, 0.6) is 0 Å². The van der Waals surface area contributed by atoms with Gasteiger partial charge in [-0.1, -0.05) is 18.2 Å². The molecule has 2 aliphatic rings. The maximum absolute atomic E-state index is 13.7.